The van der Waals surface area contributed by atoms with Crippen molar-refractivity contribution in [1.82, 2.24) is 4.90 Å². The zero-order valence-electron chi connectivity index (χ0n) is 14.5. The molecule has 0 spiro atoms. The summed E-state index contributed by atoms with van der Waals surface area (Å²) in [5, 5.41) is 9.68. The highest BCUT2D eigenvalue weighted by Gasteiger charge is 2.23. The fourth-order valence-corrected chi connectivity index (χ4v) is 2.70. The molecule has 0 bridgehead atoms. The number of amides is 1. The normalized spacial score (nSPS) is 10.6. The van der Waals surface area contributed by atoms with Crippen LogP contribution in [0.4, 0.5) is 0 Å². The number of benzene rings is 2. The minimum atomic E-state index is -1.17. The molecule has 3 rings (SSSR count). The molecule has 0 radical (unpaired) electrons. The smallest absolute Gasteiger partial charge is 0.349 e. The lowest BCUT2D eigenvalue weighted by molar-refractivity contribution is -0.137. The van der Waals surface area contributed by atoms with Gasteiger partial charge in [-0.15, -0.1) is 0 Å². The molecule has 1 aromatic heterocycles. The van der Waals surface area contributed by atoms with Crippen molar-refractivity contribution < 1.29 is 23.8 Å². The van der Waals surface area contributed by atoms with E-state index in [-0.39, 0.29) is 17.7 Å². The topological polar surface area (TPSA) is 97.0 Å². The van der Waals surface area contributed by atoms with Crippen LogP contribution in [0.15, 0.2) is 63.8 Å². The molecular weight excluding hydrogens is 350 g/mol. The van der Waals surface area contributed by atoms with Gasteiger partial charge in [-0.1, -0.05) is 30.3 Å². The number of fused-ring (bicyclic) bond motifs is 1. The number of methoxy groups -OCH3 is 1. The molecule has 1 heterocycles. The van der Waals surface area contributed by atoms with E-state index in [1.54, 1.807) is 42.5 Å². The molecule has 0 saturated heterocycles. The van der Waals surface area contributed by atoms with Crippen LogP contribution in [0.2, 0.25) is 0 Å². The second kappa shape index (κ2) is 7.74. The third kappa shape index (κ3) is 4.14. The third-order valence-corrected chi connectivity index (χ3v) is 4.00. The first-order chi connectivity index (χ1) is 13.0. The predicted octanol–water partition coefficient (Wildman–Crippen LogP) is 2.53. The van der Waals surface area contributed by atoms with E-state index in [1.165, 1.54) is 13.2 Å². The minimum absolute atomic E-state index is 0.0616. The Kier molecular flexibility index (Phi) is 5.21. The average Bonchev–Trinajstić information content (AvgIpc) is 2.66. The molecule has 2 aromatic carbocycles. The summed E-state index contributed by atoms with van der Waals surface area (Å²) in [6.45, 7) is -0.472. The lowest BCUT2D eigenvalue weighted by atomic mass is 10.1. The third-order valence-electron chi connectivity index (χ3n) is 4.00. The number of carboxylic acid groups (broad SMARTS) is 1. The summed E-state index contributed by atoms with van der Waals surface area (Å²) in [5.41, 5.74) is -0.0141. The summed E-state index contributed by atoms with van der Waals surface area (Å²) in [6.07, 6.45) is 0. The zero-order chi connectivity index (χ0) is 19.4. The highest BCUT2D eigenvalue weighted by molar-refractivity contribution is 5.98. The lowest BCUT2D eigenvalue weighted by Crippen LogP contribution is -2.37. The van der Waals surface area contributed by atoms with Gasteiger partial charge in [0, 0.05) is 18.0 Å². The summed E-state index contributed by atoms with van der Waals surface area (Å²) in [5.74, 6) is -1.36. The largest absolute Gasteiger partial charge is 0.497 e. The van der Waals surface area contributed by atoms with Crippen molar-refractivity contribution in [2.75, 3.05) is 13.7 Å². The Hall–Kier alpha value is -3.61. The van der Waals surface area contributed by atoms with Crippen molar-refractivity contribution in [2.45, 2.75) is 6.54 Å². The van der Waals surface area contributed by atoms with Gasteiger partial charge in [-0.05, 0) is 23.8 Å². The molecule has 138 valence electrons. The Morgan fingerprint density at radius 2 is 1.85 bits per heavy atom. The number of hydrogen-bond donors (Lipinski definition) is 1. The van der Waals surface area contributed by atoms with Crippen molar-refractivity contribution in [1.29, 1.82) is 0 Å². The van der Waals surface area contributed by atoms with E-state index in [0.717, 1.165) is 10.5 Å². The van der Waals surface area contributed by atoms with E-state index in [9.17, 15) is 14.4 Å². The van der Waals surface area contributed by atoms with Gasteiger partial charge in [0.1, 0.15) is 23.4 Å². The molecule has 0 aliphatic rings. The highest BCUT2D eigenvalue weighted by Crippen LogP contribution is 2.21. The fraction of sp³-hybridized carbons (Fsp3) is 0.150. The van der Waals surface area contributed by atoms with Crippen LogP contribution in [-0.2, 0) is 11.3 Å². The fourth-order valence-electron chi connectivity index (χ4n) is 2.70. The number of rotatable bonds is 6. The summed E-state index contributed by atoms with van der Waals surface area (Å²) in [7, 11) is 1.49. The SMILES string of the molecule is COc1ccc2cc(C(=O)N(CC(=O)O)Cc3ccccc3)c(=O)oc2c1. The van der Waals surface area contributed by atoms with Gasteiger partial charge < -0.3 is 19.2 Å². The molecule has 3 aromatic rings. The Labute approximate surface area is 154 Å². The van der Waals surface area contributed by atoms with E-state index in [1.807, 2.05) is 6.07 Å². The van der Waals surface area contributed by atoms with Crippen molar-refractivity contribution >= 4 is 22.8 Å². The van der Waals surface area contributed by atoms with Gasteiger partial charge in [0.15, 0.2) is 0 Å². The number of carboxylic acids is 1. The van der Waals surface area contributed by atoms with Crippen molar-refractivity contribution in [3.63, 3.8) is 0 Å². The van der Waals surface area contributed by atoms with Crippen molar-refractivity contribution in [3.8, 4) is 5.75 Å². The predicted molar refractivity (Wildman–Crippen MR) is 97.9 cm³/mol. The van der Waals surface area contributed by atoms with Gasteiger partial charge in [-0.3, -0.25) is 9.59 Å². The van der Waals surface area contributed by atoms with Crippen LogP contribution in [0.25, 0.3) is 11.0 Å². The van der Waals surface area contributed by atoms with E-state index in [4.69, 9.17) is 14.3 Å². The van der Waals surface area contributed by atoms with Crippen LogP contribution in [0.1, 0.15) is 15.9 Å². The first-order valence-corrected chi connectivity index (χ1v) is 8.15. The van der Waals surface area contributed by atoms with Crippen LogP contribution in [0, 0.1) is 0 Å². The maximum absolute atomic E-state index is 12.9. The lowest BCUT2D eigenvalue weighted by Gasteiger charge is -2.20. The van der Waals surface area contributed by atoms with E-state index >= 15 is 0 Å². The van der Waals surface area contributed by atoms with Gasteiger partial charge >= 0.3 is 11.6 Å². The molecule has 0 aliphatic carbocycles. The first-order valence-electron chi connectivity index (χ1n) is 8.15. The Morgan fingerprint density at radius 3 is 2.52 bits per heavy atom. The molecule has 1 N–H and O–H groups in total. The summed E-state index contributed by atoms with van der Waals surface area (Å²) < 4.78 is 10.3. The number of nitrogens with zero attached hydrogens (tertiary/aromatic N) is 1. The second-order valence-electron chi connectivity index (χ2n) is 5.89. The quantitative estimate of drug-likeness (QED) is 0.673. The van der Waals surface area contributed by atoms with Crippen molar-refractivity contribution in [2.24, 2.45) is 0 Å². The number of carbonyl (C=O) groups excluding carboxylic acids is 1. The molecule has 0 unspecified atom stereocenters. The van der Waals surface area contributed by atoms with Crippen LogP contribution in [0.5, 0.6) is 5.75 Å². The first kappa shape index (κ1) is 18.2. The van der Waals surface area contributed by atoms with Crippen LogP contribution in [0.3, 0.4) is 0 Å². The van der Waals surface area contributed by atoms with Crippen molar-refractivity contribution in [3.05, 3.63) is 76.1 Å². The number of carbonyl (C=O) groups is 2. The van der Waals surface area contributed by atoms with Gasteiger partial charge in [-0.2, -0.15) is 0 Å². The Balaban J connectivity index is 1.98. The van der Waals surface area contributed by atoms with Crippen LogP contribution < -0.4 is 10.4 Å². The molecule has 0 fully saturated rings. The van der Waals surface area contributed by atoms with Gasteiger partial charge in [-0.25, -0.2) is 4.79 Å². The number of aliphatic carboxylic acids is 1. The monoisotopic (exact) mass is 367 g/mol. The average molecular weight is 367 g/mol. The van der Waals surface area contributed by atoms with Gasteiger partial charge in [0.05, 0.1) is 7.11 Å². The second-order valence-corrected chi connectivity index (χ2v) is 5.89. The maximum atomic E-state index is 12.9. The molecule has 0 saturated carbocycles. The van der Waals surface area contributed by atoms with Gasteiger partial charge in [0.2, 0.25) is 0 Å². The number of hydrogen-bond acceptors (Lipinski definition) is 5. The van der Waals surface area contributed by atoms with Crippen LogP contribution in [-0.4, -0.2) is 35.5 Å². The maximum Gasteiger partial charge on any atom is 0.349 e. The summed E-state index contributed by atoms with van der Waals surface area (Å²) >= 11 is 0. The van der Waals surface area contributed by atoms with Crippen LogP contribution >= 0.6 is 0 Å². The summed E-state index contributed by atoms with van der Waals surface area (Å²) in [6, 6.07) is 15.2. The van der Waals surface area contributed by atoms with E-state index < -0.39 is 24.0 Å². The van der Waals surface area contributed by atoms with E-state index in [0.29, 0.717) is 11.1 Å². The zero-order valence-corrected chi connectivity index (χ0v) is 14.5. The highest BCUT2D eigenvalue weighted by atomic mass is 16.5. The Morgan fingerprint density at radius 1 is 1.11 bits per heavy atom. The standard InChI is InChI=1S/C20H17NO6/c1-26-15-8-7-14-9-16(20(25)27-17(14)10-15)19(24)21(12-18(22)23)11-13-5-3-2-4-6-13/h2-10H,11-12H2,1H3,(H,22,23). The van der Waals surface area contributed by atoms with Gasteiger partial charge in [0.25, 0.3) is 5.91 Å². The molecule has 7 nitrogen and oxygen atoms in total. The summed E-state index contributed by atoms with van der Waals surface area (Å²) in [4.78, 5) is 37.5. The Bertz CT molecular complexity index is 1040. The van der Waals surface area contributed by atoms with E-state index in [2.05, 4.69) is 0 Å². The molecule has 0 atom stereocenters. The molecule has 0 aliphatic heterocycles. The molecule has 7 heteroatoms. The molecule has 1 amide bonds. The minimum Gasteiger partial charge on any atom is -0.497 e. The number of ether oxygens (including phenoxy) is 1. The molecule has 27 heavy (non-hydrogen) atoms. The molecular formula is C20H17NO6.